The zero-order chi connectivity index (χ0) is 12.1. The normalized spacial score (nSPS) is 12.3. The zero-order valence-corrected chi connectivity index (χ0v) is 10.2. The smallest absolute Gasteiger partial charge is 0.124 e. The topological polar surface area (TPSA) is 38.0 Å². The lowest BCUT2D eigenvalue weighted by Gasteiger charge is -2.13. The molecule has 16 heavy (non-hydrogen) atoms. The Morgan fingerprint density at radius 1 is 1.56 bits per heavy atom. The molecule has 0 radical (unpaired) electrons. The molecule has 0 aliphatic rings. The third-order valence-electron chi connectivity index (χ3n) is 2.20. The number of allylic oxidation sites excluding steroid dienone is 1. The van der Waals surface area contributed by atoms with Crippen molar-refractivity contribution in [1.29, 1.82) is 0 Å². The molecule has 0 saturated heterocycles. The number of hydrazine groups is 1. The molecule has 0 spiro atoms. The van der Waals surface area contributed by atoms with Gasteiger partial charge in [-0.2, -0.15) is 0 Å². The molecule has 1 unspecified atom stereocenters. The summed E-state index contributed by atoms with van der Waals surface area (Å²) in [5.41, 5.74) is 4.74. The molecule has 0 aromatic heterocycles. The van der Waals surface area contributed by atoms with Gasteiger partial charge in [0.25, 0.3) is 0 Å². The standard InChI is InChI=1S/C12H16ClFN2/c1-8(2)5-11(16-15)6-9-3-4-10(14)7-12(9)13/h3-5,7,11,16H,6,15H2,1-2H3. The maximum atomic E-state index is 12.8. The molecule has 0 fully saturated rings. The van der Waals surface area contributed by atoms with Crippen molar-refractivity contribution in [3.05, 3.63) is 46.3 Å². The molecule has 0 heterocycles. The third kappa shape index (κ3) is 3.93. The second-order valence-corrected chi connectivity index (χ2v) is 4.36. The van der Waals surface area contributed by atoms with Crippen LogP contribution in [0, 0.1) is 5.82 Å². The Kier molecular flexibility index (Phi) is 4.93. The lowest BCUT2D eigenvalue weighted by atomic mass is 10.0. The van der Waals surface area contributed by atoms with E-state index < -0.39 is 0 Å². The van der Waals surface area contributed by atoms with Gasteiger partial charge >= 0.3 is 0 Å². The molecule has 1 atom stereocenters. The minimum atomic E-state index is -0.326. The van der Waals surface area contributed by atoms with E-state index in [2.05, 4.69) is 5.43 Å². The summed E-state index contributed by atoms with van der Waals surface area (Å²) in [6.45, 7) is 3.99. The van der Waals surface area contributed by atoms with Gasteiger partial charge in [-0.15, -0.1) is 0 Å². The van der Waals surface area contributed by atoms with Crippen LogP contribution in [0.1, 0.15) is 19.4 Å². The van der Waals surface area contributed by atoms with Crippen LogP contribution in [0.15, 0.2) is 29.8 Å². The van der Waals surface area contributed by atoms with Crippen molar-refractivity contribution in [2.75, 3.05) is 0 Å². The highest BCUT2D eigenvalue weighted by molar-refractivity contribution is 6.31. The molecule has 3 N–H and O–H groups in total. The van der Waals surface area contributed by atoms with E-state index in [0.717, 1.165) is 5.56 Å². The third-order valence-corrected chi connectivity index (χ3v) is 2.56. The lowest BCUT2D eigenvalue weighted by molar-refractivity contribution is 0.608. The largest absolute Gasteiger partial charge is 0.271 e. The highest BCUT2D eigenvalue weighted by Gasteiger charge is 2.08. The molecule has 1 rings (SSSR count). The van der Waals surface area contributed by atoms with E-state index in [9.17, 15) is 4.39 Å². The van der Waals surface area contributed by atoms with Gasteiger partial charge in [0.2, 0.25) is 0 Å². The second kappa shape index (κ2) is 5.99. The van der Waals surface area contributed by atoms with Crippen molar-refractivity contribution in [3.63, 3.8) is 0 Å². The Hall–Kier alpha value is -0.900. The average molecular weight is 243 g/mol. The van der Waals surface area contributed by atoms with Gasteiger partial charge in [0.15, 0.2) is 0 Å². The van der Waals surface area contributed by atoms with E-state index in [1.165, 1.54) is 17.7 Å². The van der Waals surface area contributed by atoms with Gasteiger partial charge in [0.05, 0.1) is 0 Å². The molecule has 1 aromatic carbocycles. The Bertz CT molecular complexity index is 387. The summed E-state index contributed by atoms with van der Waals surface area (Å²) in [5, 5.41) is 0.433. The number of halogens is 2. The summed E-state index contributed by atoms with van der Waals surface area (Å²) < 4.78 is 12.8. The zero-order valence-electron chi connectivity index (χ0n) is 9.43. The molecule has 0 aliphatic heterocycles. The number of hydrogen-bond donors (Lipinski definition) is 2. The summed E-state index contributed by atoms with van der Waals surface area (Å²) in [5.74, 6) is 5.11. The fourth-order valence-corrected chi connectivity index (χ4v) is 1.74. The maximum absolute atomic E-state index is 12.8. The lowest BCUT2D eigenvalue weighted by Crippen LogP contribution is -2.35. The van der Waals surface area contributed by atoms with Crippen molar-refractivity contribution >= 4 is 11.6 Å². The van der Waals surface area contributed by atoms with Gasteiger partial charge in [-0.3, -0.25) is 11.3 Å². The van der Waals surface area contributed by atoms with Crippen molar-refractivity contribution in [2.45, 2.75) is 26.3 Å². The monoisotopic (exact) mass is 242 g/mol. The summed E-state index contributed by atoms with van der Waals surface area (Å²) >= 11 is 5.94. The van der Waals surface area contributed by atoms with E-state index in [4.69, 9.17) is 17.4 Å². The number of benzene rings is 1. The van der Waals surface area contributed by atoms with Crippen LogP contribution in [-0.4, -0.2) is 6.04 Å². The Morgan fingerprint density at radius 2 is 2.25 bits per heavy atom. The predicted molar refractivity (Wildman–Crippen MR) is 65.7 cm³/mol. The molecule has 88 valence electrons. The van der Waals surface area contributed by atoms with Crippen LogP contribution in [0.25, 0.3) is 0 Å². The average Bonchev–Trinajstić information content (AvgIpc) is 2.20. The summed E-state index contributed by atoms with van der Waals surface area (Å²) in [7, 11) is 0. The first-order chi connectivity index (χ1) is 7.52. The minimum Gasteiger partial charge on any atom is -0.271 e. The summed E-state index contributed by atoms with van der Waals surface area (Å²) in [6, 6.07) is 4.40. The highest BCUT2D eigenvalue weighted by Crippen LogP contribution is 2.19. The fraction of sp³-hybridized carbons (Fsp3) is 0.333. The van der Waals surface area contributed by atoms with Gasteiger partial charge < -0.3 is 0 Å². The maximum Gasteiger partial charge on any atom is 0.124 e. The molecule has 1 aromatic rings. The predicted octanol–water partition coefficient (Wildman–Crippen LogP) is 2.82. The molecule has 0 saturated carbocycles. The summed E-state index contributed by atoms with van der Waals surface area (Å²) in [6.07, 6.45) is 2.65. The molecule has 0 bridgehead atoms. The van der Waals surface area contributed by atoms with Gasteiger partial charge in [-0.1, -0.05) is 29.3 Å². The van der Waals surface area contributed by atoms with Crippen LogP contribution in [0.3, 0.4) is 0 Å². The first-order valence-electron chi connectivity index (χ1n) is 5.08. The first kappa shape index (κ1) is 13.2. The number of nitrogens with two attached hydrogens (primary N) is 1. The minimum absolute atomic E-state index is 0.00737. The van der Waals surface area contributed by atoms with E-state index in [0.29, 0.717) is 11.4 Å². The van der Waals surface area contributed by atoms with Crippen LogP contribution in [-0.2, 0) is 6.42 Å². The molecule has 0 aliphatic carbocycles. The van der Waals surface area contributed by atoms with Crippen LogP contribution in [0.2, 0.25) is 5.02 Å². The van der Waals surface area contributed by atoms with E-state index in [1.54, 1.807) is 6.07 Å². The second-order valence-electron chi connectivity index (χ2n) is 3.96. The van der Waals surface area contributed by atoms with Crippen LogP contribution in [0.5, 0.6) is 0 Å². The van der Waals surface area contributed by atoms with Gasteiger partial charge in [-0.05, 0) is 38.0 Å². The molecule has 2 nitrogen and oxygen atoms in total. The summed E-state index contributed by atoms with van der Waals surface area (Å²) in [4.78, 5) is 0. The number of rotatable bonds is 4. The van der Waals surface area contributed by atoms with Gasteiger partial charge in [-0.25, -0.2) is 4.39 Å². The SMILES string of the molecule is CC(C)=CC(Cc1ccc(F)cc1Cl)NN. The van der Waals surface area contributed by atoms with Crippen LogP contribution < -0.4 is 11.3 Å². The van der Waals surface area contributed by atoms with Crippen molar-refractivity contribution in [1.82, 2.24) is 5.43 Å². The molecule has 4 heteroatoms. The van der Waals surface area contributed by atoms with Gasteiger partial charge in [0, 0.05) is 11.1 Å². The Balaban J connectivity index is 2.82. The van der Waals surface area contributed by atoms with Crippen molar-refractivity contribution in [2.24, 2.45) is 5.84 Å². The Morgan fingerprint density at radius 3 is 2.75 bits per heavy atom. The van der Waals surface area contributed by atoms with Crippen LogP contribution >= 0.6 is 11.6 Å². The molecular formula is C12H16ClFN2. The van der Waals surface area contributed by atoms with E-state index in [-0.39, 0.29) is 11.9 Å². The highest BCUT2D eigenvalue weighted by atomic mass is 35.5. The molecular weight excluding hydrogens is 227 g/mol. The van der Waals surface area contributed by atoms with Gasteiger partial charge in [0.1, 0.15) is 5.82 Å². The molecule has 0 amide bonds. The number of hydrogen-bond acceptors (Lipinski definition) is 2. The fourth-order valence-electron chi connectivity index (χ4n) is 1.49. The van der Waals surface area contributed by atoms with Crippen molar-refractivity contribution < 1.29 is 4.39 Å². The number of nitrogens with one attached hydrogen (secondary N) is 1. The first-order valence-corrected chi connectivity index (χ1v) is 5.46. The quantitative estimate of drug-likeness (QED) is 0.484. The van der Waals surface area contributed by atoms with E-state index in [1.807, 2.05) is 19.9 Å². The van der Waals surface area contributed by atoms with E-state index >= 15 is 0 Å². The van der Waals surface area contributed by atoms with Crippen molar-refractivity contribution in [3.8, 4) is 0 Å². The van der Waals surface area contributed by atoms with Crippen LogP contribution in [0.4, 0.5) is 4.39 Å². The Labute approximate surface area is 100 Å².